The van der Waals surface area contributed by atoms with Crippen molar-refractivity contribution >= 4 is 22.8 Å². The van der Waals surface area contributed by atoms with Crippen molar-refractivity contribution in [2.45, 2.75) is 32.7 Å². The lowest BCUT2D eigenvalue weighted by molar-refractivity contribution is -0.131. The SMILES string of the molecule is Cc1nc(N(C)C2CN(C(=O)CC#N)CCC2C)c2cc[nH]c2n1. The monoisotopic (exact) mass is 326 g/mol. The van der Waals surface area contributed by atoms with Crippen LogP contribution in [0.25, 0.3) is 11.0 Å². The zero-order chi connectivity index (χ0) is 17.3. The highest BCUT2D eigenvalue weighted by atomic mass is 16.2. The standard InChI is InChI=1S/C17H22N6O/c1-11-6-9-23(15(24)4-7-18)10-14(11)22(3)17-13-5-8-19-16(13)20-12(2)21-17/h5,8,11,14H,4,6,9-10H2,1-3H3,(H,19,20,21). The second-order valence-electron chi connectivity index (χ2n) is 6.45. The number of H-pyrrole nitrogens is 1. The van der Waals surface area contributed by atoms with Crippen LogP contribution in [0.2, 0.25) is 0 Å². The number of nitrogens with zero attached hydrogens (tertiary/aromatic N) is 5. The predicted octanol–water partition coefficient (Wildman–Crippen LogP) is 1.85. The van der Waals surface area contributed by atoms with E-state index in [1.807, 2.05) is 32.3 Å². The van der Waals surface area contributed by atoms with Crippen LogP contribution in [-0.2, 0) is 4.79 Å². The molecule has 0 aromatic carbocycles. The lowest BCUT2D eigenvalue weighted by Crippen LogP contribution is -2.52. The molecule has 1 fully saturated rings. The minimum atomic E-state index is -0.0894. The number of hydrogen-bond acceptors (Lipinski definition) is 5. The Morgan fingerprint density at radius 2 is 2.33 bits per heavy atom. The molecule has 3 heterocycles. The Kier molecular flexibility index (Phi) is 4.38. The van der Waals surface area contributed by atoms with Gasteiger partial charge in [-0.15, -0.1) is 0 Å². The Morgan fingerprint density at radius 3 is 3.08 bits per heavy atom. The van der Waals surface area contributed by atoms with Crippen molar-refractivity contribution in [3.05, 3.63) is 18.1 Å². The third kappa shape index (κ3) is 2.92. The zero-order valence-electron chi connectivity index (χ0n) is 14.3. The van der Waals surface area contributed by atoms with Crippen LogP contribution < -0.4 is 4.90 Å². The van der Waals surface area contributed by atoms with Crippen molar-refractivity contribution in [2.75, 3.05) is 25.0 Å². The van der Waals surface area contributed by atoms with E-state index in [9.17, 15) is 4.79 Å². The van der Waals surface area contributed by atoms with Crippen LogP contribution in [0.4, 0.5) is 5.82 Å². The lowest BCUT2D eigenvalue weighted by Gasteiger charge is -2.42. The van der Waals surface area contributed by atoms with Crippen molar-refractivity contribution in [3.63, 3.8) is 0 Å². The number of aryl methyl sites for hydroxylation is 1. The fourth-order valence-corrected chi connectivity index (χ4v) is 3.42. The van der Waals surface area contributed by atoms with Gasteiger partial charge in [0.15, 0.2) is 0 Å². The van der Waals surface area contributed by atoms with Gasteiger partial charge in [0.25, 0.3) is 0 Å². The summed E-state index contributed by atoms with van der Waals surface area (Å²) in [7, 11) is 2.02. The quantitative estimate of drug-likeness (QED) is 0.930. The molecule has 7 nitrogen and oxygen atoms in total. The van der Waals surface area contributed by atoms with E-state index in [1.165, 1.54) is 0 Å². The smallest absolute Gasteiger partial charge is 0.236 e. The van der Waals surface area contributed by atoms with E-state index in [1.54, 1.807) is 4.90 Å². The average molecular weight is 326 g/mol. The van der Waals surface area contributed by atoms with Gasteiger partial charge in [-0.2, -0.15) is 5.26 Å². The first-order valence-corrected chi connectivity index (χ1v) is 8.20. The molecule has 7 heteroatoms. The van der Waals surface area contributed by atoms with E-state index in [-0.39, 0.29) is 18.4 Å². The molecule has 0 aliphatic carbocycles. The molecule has 24 heavy (non-hydrogen) atoms. The Balaban J connectivity index is 1.89. The Morgan fingerprint density at radius 1 is 1.54 bits per heavy atom. The third-order valence-corrected chi connectivity index (χ3v) is 4.84. The topological polar surface area (TPSA) is 88.9 Å². The molecule has 126 valence electrons. The fraction of sp³-hybridized carbons (Fsp3) is 0.529. The number of carbonyl (C=O) groups excluding carboxylic acids is 1. The Labute approximate surface area is 141 Å². The number of anilines is 1. The molecule has 1 aliphatic heterocycles. The summed E-state index contributed by atoms with van der Waals surface area (Å²) >= 11 is 0. The molecule has 2 aromatic rings. The molecular formula is C17H22N6O. The molecule has 0 saturated carbocycles. The number of amides is 1. The molecule has 1 saturated heterocycles. The molecular weight excluding hydrogens is 304 g/mol. The molecule has 2 atom stereocenters. The number of nitriles is 1. The summed E-state index contributed by atoms with van der Waals surface area (Å²) in [5.41, 5.74) is 0.824. The number of nitrogens with one attached hydrogen (secondary N) is 1. The summed E-state index contributed by atoms with van der Waals surface area (Å²) in [6.45, 7) is 5.42. The highest BCUT2D eigenvalue weighted by Gasteiger charge is 2.32. The summed E-state index contributed by atoms with van der Waals surface area (Å²) in [5, 5.41) is 9.75. The highest BCUT2D eigenvalue weighted by molar-refractivity contribution is 5.87. The first-order chi connectivity index (χ1) is 11.5. The zero-order valence-corrected chi connectivity index (χ0v) is 14.3. The summed E-state index contributed by atoms with van der Waals surface area (Å²) in [4.78, 5) is 28.2. The molecule has 0 bridgehead atoms. The summed E-state index contributed by atoms with van der Waals surface area (Å²) in [5.74, 6) is 1.94. The number of likely N-dealkylation sites (N-methyl/N-ethyl adjacent to an activating group) is 1. The molecule has 2 unspecified atom stereocenters. The van der Waals surface area contributed by atoms with Gasteiger partial charge in [-0.1, -0.05) is 6.92 Å². The molecule has 1 amide bonds. The largest absolute Gasteiger partial charge is 0.354 e. The molecule has 1 N–H and O–H groups in total. The van der Waals surface area contributed by atoms with Crippen molar-refractivity contribution in [1.29, 1.82) is 5.26 Å². The summed E-state index contributed by atoms with van der Waals surface area (Å²) in [6, 6.07) is 4.09. The van der Waals surface area contributed by atoms with Gasteiger partial charge in [0.1, 0.15) is 23.7 Å². The third-order valence-electron chi connectivity index (χ3n) is 4.84. The number of piperidine rings is 1. The van der Waals surface area contributed by atoms with Gasteiger partial charge >= 0.3 is 0 Å². The first-order valence-electron chi connectivity index (χ1n) is 8.20. The number of aromatic nitrogens is 3. The van der Waals surface area contributed by atoms with E-state index < -0.39 is 0 Å². The van der Waals surface area contributed by atoms with E-state index in [4.69, 9.17) is 5.26 Å². The van der Waals surface area contributed by atoms with Crippen molar-refractivity contribution < 1.29 is 4.79 Å². The maximum absolute atomic E-state index is 12.1. The van der Waals surface area contributed by atoms with Gasteiger partial charge in [-0.3, -0.25) is 4.79 Å². The van der Waals surface area contributed by atoms with E-state index >= 15 is 0 Å². The molecule has 2 aromatic heterocycles. The van der Waals surface area contributed by atoms with Crippen LogP contribution in [0.3, 0.4) is 0 Å². The minimum Gasteiger partial charge on any atom is -0.354 e. The van der Waals surface area contributed by atoms with Gasteiger partial charge in [0.05, 0.1) is 17.5 Å². The van der Waals surface area contributed by atoms with E-state index in [0.29, 0.717) is 24.8 Å². The van der Waals surface area contributed by atoms with Gasteiger partial charge < -0.3 is 14.8 Å². The maximum atomic E-state index is 12.1. The van der Waals surface area contributed by atoms with Crippen LogP contribution >= 0.6 is 0 Å². The number of aromatic amines is 1. The number of hydrogen-bond donors (Lipinski definition) is 1. The predicted molar refractivity (Wildman–Crippen MR) is 91.4 cm³/mol. The fourth-order valence-electron chi connectivity index (χ4n) is 3.42. The normalized spacial score (nSPS) is 20.8. The molecule has 3 rings (SSSR count). The second kappa shape index (κ2) is 6.48. The summed E-state index contributed by atoms with van der Waals surface area (Å²) in [6.07, 6.45) is 2.73. The van der Waals surface area contributed by atoms with Crippen LogP contribution in [0.5, 0.6) is 0 Å². The number of rotatable bonds is 3. The summed E-state index contributed by atoms with van der Waals surface area (Å²) < 4.78 is 0. The van der Waals surface area contributed by atoms with Gasteiger partial charge in [0, 0.05) is 26.3 Å². The van der Waals surface area contributed by atoms with Crippen molar-refractivity contribution in [3.8, 4) is 6.07 Å². The Hall–Kier alpha value is -2.62. The van der Waals surface area contributed by atoms with Gasteiger partial charge in [-0.25, -0.2) is 9.97 Å². The van der Waals surface area contributed by atoms with E-state index in [0.717, 1.165) is 23.3 Å². The number of fused-ring (bicyclic) bond motifs is 1. The molecule has 0 spiro atoms. The van der Waals surface area contributed by atoms with Gasteiger partial charge in [0.2, 0.25) is 5.91 Å². The van der Waals surface area contributed by atoms with Crippen LogP contribution in [0, 0.1) is 24.2 Å². The second-order valence-corrected chi connectivity index (χ2v) is 6.45. The van der Waals surface area contributed by atoms with Crippen molar-refractivity contribution in [2.24, 2.45) is 5.92 Å². The Bertz CT molecular complexity index is 792. The van der Waals surface area contributed by atoms with Crippen LogP contribution in [0.1, 0.15) is 25.6 Å². The average Bonchev–Trinajstić information content (AvgIpc) is 3.02. The first kappa shape index (κ1) is 16.2. The number of carbonyl (C=O) groups is 1. The van der Waals surface area contributed by atoms with Crippen molar-refractivity contribution in [1.82, 2.24) is 19.9 Å². The molecule has 0 radical (unpaired) electrons. The van der Waals surface area contributed by atoms with Crippen LogP contribution in [0.15, 0.2) is 12.3 Å². The van der Waals surface area contributed by atoms with E-state index in [2.05, 4.69) is 26.8 Å². The molecule has 1 aliphatic rings. The van der Waals surface area contributed by atoms with Gasteiger partial charge in [-0.05, 0) is 25.3 Å². The lowest BCUT2D eigenvalue weighted by atomic mass is 9.92. The maximum Gasteiger partial charge on any atom is 0.236 e. The van der Waals surface area contributed by atoms with Crippen LogP contribution in [-0.4, -0.2) is 51.9 Å². The minimum absolute atomic E-state index is 0.0561. The number of likely N-dealkylation sites (tertiary alicyclic amines) is 1. The highest BCUT2D eigenvalue weighted by Crippen LogP contribution is 2.29.